The van der Waals surface area contributed by atoms with Gasteiger partial charge in [-0.1, -0.05) is 12.1 Å². The lowest BCUT2D eigenvalue weighted by Crippen LogP contribution is -2.66. The number of carbonyl (C=O) groups is 2. The zero-order valence-corrected chi connectivity index (χ0v) is 20.5. The molecule has 2 fully saturated rings. The number of piperidine rings is 1. The van der Waals surface area contributed by atoms with Gasteiger partial charge in [0.05, 0.1) is 15.7 Å². The van der Waals surface area contributed by atoms with Gasteiger partial charge in [0.25, 0.3) is 5.91 Å². The average molecular weight is 478 g/mol. The predicted molar refractivity (Wildman–Crippen MR) is 136 cm³/mol. The first-order chi connectivity index (χ1) is 16.4. The Morgan fingerprint density at radius 3 is 2.74 bits per heavy atom. The van der Waals surface area contributed by atoms with Crippen LogP contribution in [0.25, 0.3) is 10.2 Å². The lowest BCUT2D eigenvalue weighted by molar-refractivity contribution is -0.140. The number of amides is 2. The number of thiazole rings is 1. The molecule has 0 saturated carbocycles. The minimum Gasteiger partial charge on any atom is -0.365 e. The minimum atomic E-state index is -0.879. The smallest absolute Gasteiger partial charge is 0.252 e. The molecule has 34 heavy (non-hydrogen) atoms. The van der Waals surface area contributed by atoms with Crippen molar-refractivity contribution < 1.29 is 9.59 Å². The van der Waals surface area contributed by atoms with Crippen molar-refractivity contribution in [3.8, 4) is 0 Å². The summed E-state index contributed by atoms with van der Waals surface area (Å²) >= 11 is 1.51. The van der Waals surface area contributed by atoms with Gasteiger partial charge in [-0.25, -0.2) is 4.98 Å². The fraction of sp³-hybridized carbons (Fsp3) is 0.423. The van der Waals surface area contributed by atoms with Crippen LogP contribution >= 0.6 is 11.3 Å². The largest absolute Gasteiger partial charge is 0.365 e. The fourth-order valence-corrected chi connectivity index (χ4v) is 5.88. The van der Waals surface area contributed by atoms with E-state index in [2.05, 4.69) is 58.6 Å². The van der Waals surface area contributed by atoms with Crippen molar-refractivity contribution in [2.24, 2.45) is 0 Å². The SMILES string of the molecule is Cc1cccc(N2CCN(C(=O)C3(NC(=O)c4ccc5ncsc5c4)CCNCC3)CC2C)c1. The standard InChI is InChI=1S/C26H31N5O2S/c1-18-4-3-5-21(14-18)31-13-12-30(16-19(31)2)25(33)26(8-10-27-11-9-26)29-24(32)20-6-7-22-23(15-20)34-17-28-22/h3-7,14-15,17,19,27H,8-13,16H2,1-2H3,(H,29,32). The molecule has 3 aromatic rings. The lowest BCUT2D eigenvalue weighted by Gasteiger charge is -2.46. The zero-order valence-electron chi connectivity index (χ0n) is 19.7. The molecule has 2 aromatic carbocycles. The zero-order chi connectivity index (χ0) is 23.7. The van der Waals surface area contributed by atoms with Crippen LogP contribution in [0.5, 0.6) is 0 Å². The summed E-state index contributed by atoms with van der Waals surface area (Å²) in [6.45, 7) is 7.75. The summed E-state index contributed by atoms with van der Waals surface area (Å²) in [5, 5.41) is 6.51. The van der Waals surface area contributed by atoms with E-state index in [-0.39, 0.29) is 17.9 Å². The van der Waals surface area contributed by atoms with Crippen LogP contribution in [0.1, 0.15) is 35.7 Å². The van der Waals surface area contributed by atoms with Gasteiger partial charge in [0.2, 0.25) is 5.91 Å². The van der Waals surface area contributed by atoms with E-state index in [9.17, 15) is 9.59 Å². The monoisotopic (exact) mass is 477 g/mol. The van der Waals surface area contributed by atoms with E-state index in [1.807, 2.05) is 17.0 Å². The molecule has 2 aliphatic heterocycles. The molecule has 1 aromatic heterocycles. The molecule has 1 unspecified atom stereocenters. The molecule has 0 radical (unpaired) electrons. The van der Waals surface area contributed by atoms with E-state index < -0.39 is 5.54 Å². The Morgan fingerprint density at radius 2 is 1.97 bits per heavy atom. The molecule has 3 heterocycles. The summed E-state index contributed by atoms with van der Waals surface area (Å²) < 4.78 is 0.972. The van der Waals surface area contributed by atoms with E-state index in [4.69, 9.17) is 0 Å². The van der Waals surface area contributed by atoms with Gasteiger partial charge in [-0.2, -0.15) is 0 Å². The number of carbonyl (C=O) groups excluding carboxylic acids is 2. The number of nitrogens with zero attached hydrogens (tertiary/aromatic N) is 3. The molecule has 5 rings (SSSR count). The quantitative estimate of drug-likeness (QED) is 0.604. The number of aromatic nitrogens is 1. The molecular formula is C26H31N5O2S. The number of piperazine rings is 1. The highest BCUT2D eigenvalue weighted by Gasteiger charge is 2.44. The third kappa shape index (κ3) is 4.40. The van der Waals surface area contributed by atoms with Gasteiger partial charge >= 0.3 is 0 Å². The van der Waals surface area contributed by atoms with Gasteiger partial charge in [0.15, 0.2) is 0 Å². The van der Waals surface area contributed by atoms with Crippen LogP contribution in [-0.4, -0.2) is 66.0 Å². The molecule has 7 nitrogen and oxygen atoms in total. The van der Waals surface area contributed by atoms with Crippen LogP contribution < -0.4 is 15.5 Å². The maximum Gasteiger partial charge on any atom is 0.252 e. The molecule has 1 atom stereocenters. The first kappa shape index (κ1) is 22.8. The lowest BCUT2D eigenvalue weighted by atomic mass is 9.85. The number of benzene rings is 2. The maximum absolute atomic E-state index is 13.9. The summed E-state index contributed by atoms with van der Waals surface area (Å²) in [6.07, 6.45) is 1.18. The van der Waals surface area contributed by atoms with Crippen LogP contribution in [-0.2, 0) is 4.79 Å². The van der Waals surface area contributed by atoms with Crippen LogP contribution in [0.4, 0.5) is 5.69 Å². The number of anilines is 1. The van der Waals surface area contributed by atoms with Crippen molar-refractivity contribution in [2.75, 3.05) is 37.6 Å². The first-order valence-electron chi connectivity index (χ1n) is 11.9. The van der Waals surface area contributed by atoms with Crippen molar-refractivity contribution in [3.05, 3.63) is 59.1 Å². The first-order valence-corrected chi connectivity index (χ1v) is 12.8. The normalized spacial score (nSPS) is 20.4. The van der Waals surface area contributed by atoms with E-state index in [0.29, 0.717) is 44.6 Å². The van der Waals surface area contributed by atoms with Crippen LogP contribution in [0.2, 0.25) is 0 Å². The Balaban J connectivity index is 1.33. The second-order valence-corrected chi connectivity index (χ2v) is 10.3. The third-order valence-electron chi connectivity index (χ3n) is 7.06. The number of hydrogen-bond donors (Lipinski definition) is 2. The Hall–Kier alpha value is -2.97. The minimum absolute atomic E-state index is 0.0389. The number of nitrogens with one attached hydrogen (secondary N) is 2. The molecular weight excluding hydrogens is 446 g/mol. The molecule has 2 saturated heterocycles. The highest BCUT2D eigenvalue weighted by atomic mass is 32.1. The Morgan fingerprint density at radius 1 is 1.15 bits per heavy atom. The second-order valence-electron chi connectivity index (χ2n) is 9.45. The maximum atomic E-state index is 13.9. The predicted octanol–water partition coefficient (Wildman–Crippen LogP) is 3.19. The van der Waals surface area contributed by atoms with Crippen molar-refractivity contribution >= 4 is 39.1 Å². The number of aryl methyl sites for hydroxylation is 1. The van der Waals surface area contributed by atoms with Crippen molar-refractivity contribution in [1.29, 1.82) is 0 Å². The van der Waals surface area contributed by atoms with Gasteiger partial charge in [0, 0.05) is 36.9 Å². The summed E-state index contributed by atoms with van der Waals surface area (Å²) in [5.74, 6) is -0.158. The van der Waals surface area contributed by atoms with Crippen molar-refractivity contribution in [1.82, 2.24) is 20.5 Å². The van der Waals surface area contributed by atoms with Gasteiger partial charge in [-0.3, -0.25) is 9.59 Å². The fourth-order valence-electron chi connectivity index (χ4n) is 5.17. The summed E-state index contributed by atoms with van der Waals surface area (Å²) in [6, 6.07) is 14.2. The van der Waals surface area contributed by atoms with E-state index in [1.165, 1.54) is 22.6 Å². The number of hydrogen-bond acceptors (Lipinski definition) is 6. The van der Waals surface area contributed by atoms with Gasteiger partial charge in [0.1, 0.15) is 5.54 Å². The Labute approximate surface area is 204 Å². The van der Waals surface area contributed by atoms with Crippen molar-refractivity contribution in [2.45, 2.75) is 38.3 Å². The molecule has 0 bridgehead atoms. The van der Waals surface area contributed by atoms with Crippen LogP contribution in [0.3, 0.4) is 0 Å². The van der Waals surface area contributed by atoms with Gasteiger partial charge in [-0.15, -0.1) is 11.3 Å². The highest BCUT2D eigenvalue weighted by Crippen LogP contribution is 2.27. The highest BCUT2D eigenvalue weighted by molar-refractivity contribution is 7.16. The van der Waals surface area contributed by atoms with E-state index in [1.54, 1.807) is 11.6 Å². The Bertz CT molecular complexity index is 1200. The third-order valence-corrected chi connectivity index (χ3v) is 7.85. The summed E-state index contributed by atoms with van der Waals surface area (Å²) in [4.78, 5) is 35.8. The molecule has 178 valence electrons. The molecule has 0 spiro atoms. The summed E-state index contributed by atoms with van der Waals surface area (Å²) in [7, 11) is 0. The molecule has 2 aliphatic rings. The average Bonchev–Trinajstić information content (AvgIpc) is 3.32. The van der Waals surface area contributed by atoms with Crippen molar-refractivity contribution in [3.63, 3.8) is 0 Å². The molecule has 8 heteroatoms. The van der Waals surface area contributed by atoms with Gasteiger partial charge < -0.3 is 20.4 Å². The second kappa shape index (κ2) is 9.35. The topological polar surface area (TPSA) is 77.6 Å². The molecule has 0 aliphatic carbocycles. The van der Waals surface area contributed by atoms with E-state index >= 15 is 0 Å². The van der Waals surface area contributed by atoms with Crippen LogP contribution in [0.15, 0.2) is 48.0 Å². The van der Waals surface area contributed by atoms with Crippen LogP contribution in [0, 0.1) is 6.92 Å². The number of rotatable bonds is 4. The number of fused-ring (bicyclic) bond motifs is 1. The van der Waals surface area contributed by atoms with E-state index in [0.717, 1.165) is 16.8 Å². The van der Waals surface area contributed by atoms with Gasteiger partial charge in [-0.05, 0) is 75.7 Å². The summed E-state index contributed by atoms with van der Waals surface area (Å²) in [5.41, 5.74) is 4.78. The molecule has 2 amide bonds. The Kier molecular flexibility index (Phi) is 6.27. The molecule has 2 N–H and O–H groups in total.